The number of rotatable bonds is 2. The van der Waals surface area contributed by atoms with Gasteiger partial charge in [-0.1, -0.05) is 0 Å². The predicted molar refractivity (Wildman–Crippen MR) is 74.6 cm³/mol. The van der Waals surface area contributed by atoms with E-state index in [2.05, 4.69) is 20.9 Å². The van der Waals surface area contributed by atoms with Crippen LogP contribution in [-0.4, -0.2) is 44.5 Å². The van der Waals surface area contributed by atoms with Crippen molar-refractivity contribution >= 4 is 23.2 Å². The summed E-state index contributed by atoms with van der Waals surface area (Å²) < 4.78 is 5.30. The Hall–Kier alpha value is -1.92. The van der Waals surface area contributed by atoms with E-state index >= 15 is 0 Å². The van der Waals surface area contributed by atoms with E-state index in [9.17, 15) is 4.79 Å². The highest BCUT2D eigenvalue weighted by atomic mass is 16.3. The molecule has 0 amide bonds. The number of carbonyl (C=O) groups excluding carboxylic acids is 1. The second-order valence-corrected chi connectivity index (χ2v) is 4.06. The van der Waals surface area contributed by atoms with E-state index in [1.807, 2.05) is 12.1 Å². The molecule has 0 radical (unpaired) electrons. The lowest BCUT2D eigenvalue weighted by molar-refractivity contribution is 0.110. The maximum atomic E-state index is 10.6. The number of anilines is 1. The van der Waals surface area contributed by atoms with Crippen LogP contribution >= 0.6 is 0 Å². The monoisotopic (exact) mass is 262 g/mol. The minimum atomic E-state index is 0.324. The van der Waals surface area contributed by atoms with Crippen molar-refractivity contribution in [1.29, 1.82) is 0 Å². The highest BCUT2D eigenvalue weighted by molar-refractivity contribution is 5.83. The molecule has 2 aromatic heterocycles. The molecule has 1 fully saturated rings. The van der Waals surface area contributed by atoms with Crippen LogP contribution in [0.4, 0.5) is 5.82 Å². The molecule has 3 rings (SSSR count). The Kier molecular flexibility index (Phi) is 4.48. The van der Waals surface area contributed by atoms with Crippen LogP contribution in [0.1, 0.15) is 10.6 Å². The quantitative estimate of drug-likeness (QED) is 0.772. The van der Waals surface area contributed by atoms with Crippen LogP contribution in [0.3, 0.4) is 0 Å². The van der Waals surface area contributed by atoms with Gasteiger partial charge < -0.3 is 20.4 Å². The molecule has 0 unspecified atom stereocenters. The first-order valence-corrected chi connectivity index (χ1v) is 6.26. The fourth-order valence-corrected chi connectivity index (χ4v) is 2.06. The number of furan rings is 1. The van der Waals surface area contributed by atoms with Crippen LogP contribution < -0.4 is 16.0 Å². The van der Waals surface area contributed by atoms with Gasteiger partial charge in [-0.05, 0) is 19.2 Å². The van der Waals surface area contributed by atoms with Crippen LogP contribution in [0, 0.1) is 0 Å². The van der Waals surface area contributed by atoms with Gasteiger partial charge in [0.25, 0.3) is 0 Å². The lowest BCUT2D eigenvalue weighted by atomic mass is 10.3. The van der Waals surface area contributed by atoms with Crippen molar-refractivity contribution in [3.8, 4) is 0 Å². The number of carbonyl (C=O) groups is 1. The topological polar surface area (TPSA) is 84.4 Å². The Morgan fingerprint density at radius 3 is 2.79 bits per heavy atom. The van der Waals surface area contributed by atoms with Gasteiger partial charge in [-0.2, -0.15) is 0 Å². The van der Waals surface area contributed by atoms with E-state index < -0.39 is 0 Å². The fourth-order valence-electron chi connectivity index (χ4n) is 2.06. The molecule has 6 nitrogen and oxygen atoms in total. The third kappa shape index (κ3) is 2.91. The first-order valence-electron chi connectivity index (χ1n) is 6.26. The van der Waals surface area contributed by atoms with E-state index in [0.29, 0.717) is 17.6 Å². The Morgan fingerprint density at radius 2 is 2.11 bits per heavy atom. The Morgan fingerprint density at radius 1 is 1.37 bits per heavy atom. The summed E-state index contributed by atoms with van der Waals surface area (Å²) in [5.74, 6) is 1.27. The van der Waals surface area contributed by atoms with E-state index in [1.165, 1.54) is 7.05 Å². The molecule has 0 spiro atoms. The maximum absolute atomic E-state index is 10.6. The second-order valence-electron chi connectivity index (χ2n) is 4.06. The van der Waals surface area contributed by atoms with Gasteiger partial charge in [0.15, 0.2) is 17.6 Å². The third-order valence-corrected chi connectivity index (χ3v) is 2.94. The largest absolute Gasteiger partial charge is 0.452 e. The lowest BCUT2D eigenvalue weighted by Gasteiger charge is -2.28. The Bertz CT molecular complexity index is 547. The molecule has 0 aromatic carbocycles. The number of hydrogen-bond donors (Lipinski definition) is 2. The molecule has 1 aliphatic heterocycles. The summed E-state index contributed by atoms with van der Waals surface area (Å²) in [6.45, 7) is 3.86. The molecular formula is C13H18N4O2. The molecule has 2 aromatic rings. The van der Waals surface area contributed by atoms with Gasteiger partial charge in [0, 0.05) is 32.2 Å². The normalized spacial score (nSPS) is 14.9. The number of aldehydes is 1. The SMILES string of the molecule is CN.O=Cc1cc2nc(N3CCNCC3)ccc2o1. The highest BCUT2D eigenvalue weighted by Crippen LogP contribution is 2.21. The van der Waals surface area contributed by atoms with Crippen molar-refractivity contribution in [2.24, 2.45) is 5.73 Å². The summed E-state index contributed by atoms with van der Waals surface area (Å²) in [5.41, 5.74) is 5.90. The molecule has 102 valence electrons. The number of hydrogen-bond acceptors (Lipinski definition) is 6. The summed E-state index contributed by atoms with van der Waals surface area (Å²) in [4.78, 5) is 17.4. The van der Waals surface area contributed by atoms with Gasteiger partial charge in [-0.25, -0.2) is 4.98 Å². The zero-order valence-corrected chi connectivity index (χ0v) is 10.9. The fraction of sp³-hybridized carbons (Fsp3) is 0.385. The van der Waals surface area contributed by atoms with Gasteiger partial charge >= 0.3 is 0 Å². The number of nitrogens with two attached hydrogens (primary N) is 1. The molecule has 1 aliphatic rings. The number of nitrogens with zero attached hydrogens (tertiary/aromatic N) is 2. The number of piperazine rings is 1. The van der Waals surface area contributed by atoms with Gasteiger partial charge in [-0.15, -0.1) is 0 Å². The first-order chi connectivity index (χ1) is 9.36. The minimum absolute atomic E-state index is 0.324. The van der Waals surface area contributed by atoms with Crippen molar-refractivity contribution < 1.29 is 9.21 Å². The minimum Gasteiger partial charge on any atom is -0.452 e. The summed E-state index contributed by atoms with van der Waals surface area (Å²) in [6.07, 6.45) is 0.701. The molecule has 19 heavy (non-hydrogen) atoms. The maximum Gasteiger partial charge on any atom is 0.185 e. The molecule has 6 heteroatoms. The Labute approximate surface area is 111 Å². The highest BCUT2D eigenvalue weighted by Gasteiger charge is 2.13. The number of aromatic nitrogens is 1. The standard InChI is InChI=1S/C12H13N3O2.CH5N/c16-8-9-7-10-11(17-9)1-2-12(14-10)15-5-3-13-4-6-15;1-2/h1-2,7-8,13H,3-6H2;2H2,1H3. The molecular weight excluding hydrogens is 244 g/mol. The lowest BCUT2D eigenvalue weighted by Crippen LogP contribution is -2.43. The zero-order chi connectivity index (χ0) is 13.7. The average molecular weight is 262 g/mol. The van der Waals surface area contributed by atoms with Gasteiger partial charge in [0.2, 0.25) is 0 Å². The first kappa shape index (κ1) is 13.5. The second kappa shape index (κ2) is 6.31. The molecule has 0 atom stereocenters. The van der Waals surface area contributed by atoms with E-state index in [1.54, 1.807) is 6.07 Å². The van der Waals surface area contributed by atoms with Gasteiger partial charge in [0.05, 0.1) is 0 Å². The van der Waals surface area contributed by atoms with Crippen LogP contribution in [0.2, 0.25) is 0 Å². The van der Waals surface area contributed by atoms with Crippen LogP contribution in [0.5, 0.6) is 0 Å². The summed E-state index contributed by atoms with van der Waals surface area (Å²) >= 11 is 0. The van der Waals surface area contributed by atoms with Crippen LogP contribution in [0.15, 0.2) is 22.6 Å². The van der Waals surface area contributed by atoms with E-state index in [4.69, 9.17) is 4.42 Å². The molecule has 0 bridgehead atoms. The van der Waals surface area contributed by atoms with Crippen molar-refractivity contribution in [3.05, 3.63) is 24.0 Å². The van der Waals surface area contributed by atoms with Crippen molar-refractivity contribution in [3.63, 3.8) is 0 Å². The van der Waals surface area contributed by atoms with Crippen molar-refractivity contribution in [1.82, 2.24) is 10.3 Å². The number of fused-ring (bicyclic) bond motifs is 1. The average Bonchev–Trinajstić information content (AvgIpc) is 2.92. The molecule has 3 N–H and O–H groups in total. The predicted octanol–water partition coefficient (Wildman–Crippen LogP) is 0.625. The molecule has 0 aliphatic carbocycles. The number of nitrogens with one attached hydrogen (secondary N) is 1. The summed E-state index contributed by atoms with van der Waals surface area (Å²) in [5, 5.41) is 3.30. The molecule has 0 saturated carbocycles. The van der Waals surface area contributed by atoms with E-state index in [0.717, 1.165) is 37.5 Å². The summed E-state index contributed by atoms with van der Waals surface area (Å²) in [6, 6.07) is 5.48. The van der Waals surface area contributed by atoms with Crippen molar-refractivity contribution in [2.75, 3.05) is 38.1 Å². The van der Waals surface area contributed by atoms with Gasteiger partial charge in [-0.3, -0.25) is 4.79 Å². The van der Waals surface area contributed by atoms with Gasteiger partial charge in [0.1, 0.15) is 11.3 Å². The smallest absolute Gasteiger partial charge is 0.185 e. The van der Waals surface area contributed by atoms with Crippen LogP contribution in [-0.2, 0) is 0 Å². The van der Waals surface area contributed by atoms with E-state index in [-0.39, 0.29) is 0 Å². The molecule has 3 heterocycles. The molecule has 1 saturated heterocycles. The van der Waals surface area contributed by atoms with Crippen molar-refractivity contribution in [2.45, 2.75) is 0 Å². The summed E-state index contributed by atoms with van der Waals surface area (Å²) in [7, 11) is 1.50. The van der Waals surface area contributed by atoms with Crippen LogP contribution in [0.25, 0.3) is 11.1 Å². The third-order valence-electron chi connectivity index (χ3n) is 2.94. The number of pyridine rings is 1. The Balaban J connectivity index is 0.000000637. The zero-order valence-electron chi connectivity index (χ0n) is 10.9.